The lowest BCUT2D eigenvalue weighted by molar-refractivity contribution is -0.123. The normalized spacial score (nSPS) is 25.2. The third-order valence-corrected chi connectivity index (χ3v) is 4.07. The zero-order valence-electron chi connectivity index (χ0n) is 12.2. The van der Waals surface area contributed by atoms with Crippen LogP contribution in [0.4, 0.5) is 0 Å². The molecule has 1 amide bonds. The summed E-state index contributed by atoms with van der Waals surface area (Å²) in [5, 5.41) is 3.14. The van der Waals surface area contributed by atoms with Crippen LogP contribution in [0.15, 0.2) is 12.4 Å². The van der Waals surface area contributed by atoms with Crippen molar-refractivity contribution >= 4 is 5.91 Å². The number of hydrogen-bond donors (Lipinski definition) is 1. The molecule has 0 aromatic carbocycles. The summed E-state index contributed by atoms with van der Waals surface area (Å²) in [4.78, 5) is 20.0. The molecule has 21 heavy (non-hydrogen) atoms. The quantitative estimate of drug-likeness (QED) is 0.894. The first-order chi connectivity index (χ1) is 10.3. The Kier molecular flexibility index (Phi) is 4.22. The van der Waals surface area contributed by atoms with Crippen LogP contribution in [-0.4, -0.2) is 35.1 Å². The van der Waals surface area contributed by atoms with Gasteiger partial charge in [-0.1, -0.05) is 0 Å². The highest BCUT2D eigenvalue weighted by Gasteiger charge is 2.32. The Labute approximate surface area is 124 Å². The van der Waals surface area contributed by atoms with Gasteiger partial charge >= 0.3 is 0 Å². The molecule has 0 bridgehead atoms. The Morgan fingerprint density at radius 1 is 1.10 bits per heavy atom. The van der Waals surface area contributed by atoms with Crippen LogP contribution in [0.1, 0.15) is 38.5 Å². The van der Waals surface area contributed by atoms with Gasteiger partial charge in [-0.2, -0.15) is 0 Å². The van der Waals surface area contributed by atoms with E-state index >= 15 is 0 Å². The minimum absolute atomic E-state index is 0.115. The number of carbonyl (C=O) groups excluding carboxylic acids is 1. The maximum absolute atomic E-state index is 11.8. The van der Waals surface area contributed by atoms with E-state index in [-0.39, 0.29) is 17.9 Å². The fraction of sp³-hybridized carbons (Fsp3) is 0.667. The number of nitrogens with one attached hydrogen (secondary N) is 1. The van der Waals surface area contributed by atoms with Crippen LogP contribution in [0.3, 0.4) is 0 Å². The highest BCUT2D eigenvalue weighted by molar-refractivity contribution is 5.81. The van der Waals surface area contributed by atoms with Crippen molar-refractivity contribution < 1.29 is 14.3 Å². The molecule has 2 aliphatic carbocycles. The number of amides is 1. The van der Waals surface area contributed by atoms with Gasteiger partial charge in [-0.25, -0.2) is 9.97 Å². The molecule has 2 fully saturated rings. The Balaban J connectivity index is 1.48. The van der Waals surface area contributed by atoms with E-state index < -0.39 is 0 Å². The van der Waals surface area contributed by atoms with Crippen molar-refractivity contribution in [1.82, 2.24) is 15.3 Å². The standard InChI is InChI=1S/C15H21N3O3/c1-20-14-15(17-9-8-16-14)21-12-6-4-11(5-7-12)18-13(19)10-2-3-10/h8-12H,2-7H2,1H3,(H,18,19). The average molecular weight is 291 g/mol. The molecule has 114 valence electrons. The lowest BCUT2D eigenvalue weighted by Gasteiger charge is -2.29. The van der Waals surface area contributed by atoms with Gasteiger partial charge in [-0.3, -0.25) is 4.79 Å². The Bertz CT molecular complexity index is 497. The fourth-order valence-electron chi connectivity index (χ4n) is 2.68. The van der Waals surface area contributed by atoms with Gasteiger partial charge in [0.25, 0.3) is 11.8 Å². The van der Waals surface area contributed by atoms with Crippen LogP contribution in [-0.2, 0) is 4.79 Å². The van der Waals surface area contributed by atoms with E-state index in [1.165, 1.54) is 0 Å². The van der Waals surface area contributed by atoms with Crippen LogP contribution in [0.25, 0.3) is 0 Å². The molecule has 3 rings (SSSR count). The third kappa shape index (κ3) is 3.62. The number of ether oxygens (including phenoxy) is 2. The van der Waals surface area contributed by atoms with Crippen LogP contribution in [0, 0.1) is 5.92 Å². The van der Waals surface area contributed by atoms with Crippen molar-refractivity contribution in [3.63, 3.8) is 0 Å². The van der Waals surface area contributed by atoms with E-state index in [0.717, 1.165) is 38.5 Å². The van der Waals surface area contributed by atoms with E-state index in [1.54, 1.807) is 19.5 Å². The smallest absolute Gasteiger partial charge is 0.278 e. The first kappa shape index (κ1) is 14.1. The average Bonchev–Trinajstić information content (AvgIpc) is 3.34. The first-order valence-electron chi connectivity index (χ1n) is 7.58. The molecule has 1 N–H and O–H groups in total. The first-order valence-corrected chi connectivity index (χ1v) is 7.58. The van der Waals surface area contributed by atoms with Crippen molar-refractivity contribution in [2.24, 2.45) is 5.92 Å². The highest BCUT2D eigenvalue weighted by atomic mass is 16.5. The Hall–Kier alpha value is -1.85. The van der Waals surface area contributed by atoms with Gasteiger partial charge in [-0.15, -0.1) is 0 Å². The summed E-state index contributed by atoms with van der Waals surface area (Å²) in [6.07, 6.45) is 9.12. The zero-order valence-corrected chi connectivity index (χ0v) is 12.2. The van der Waals surface area contributed by atoms with Crippen molar-refractivity contribution in [3.05, 3.63) is 12.4 Å². The summed E-state index contributed by atoms with van der Waals surface area (Å²) in [6, 6.07) is 0.293. The third-order valence-electron chi connectivity index (χ3n) is 4.07. The predicted octanol–water partition coefficient (Wildman–Crippen LogP) is 1.70. The van der Waals surface area contributed by atoms with Crippen molar-refractivity contribution in [2.45, 2.75) is 50.7 Å². The molecule has 1 heterocycles. The van der Waals surface area contributed by atoms with Crippen molar-refractivity contribution in [2.75, 3.05) is 7.11 Å². The van der Waals surface area contributed by atoms with E-state index in [2.05, 4.69) is 15.3 Å². The molecule has 0 atom stereocenters. The summed E-state index contributed by atoms with van der Waals surface area (Å²) >= 11 is 0. The largest absolute Gasteiger partial charge is 0.477 e. The maximum Gasteiger partial charge on any atom is 0.278 e. The summed E-state index contributed by atoms with van der Waals surface area (Å²) in [5.41, 5.74) is 0. The predicted molar refractivity (Wildman–Crippen MR) is 76.1 cm³/mol. The minimum Gasteiger partial charge on any atom is -0.477 e. The van der Waals surface area contributed by atoms with Crippen molar-refractivity contribution in [1.29, 1.82) is 0 Å². The van der Waals surface area contributed by atoms with E-state index in [4.69, 9.17) is 9.47 Å². The number of nitrogens with zero attached hydrogens (tertiary/aromatic N) is 2. The van der Waals surface area contributed by atoms with Gasteiger partial charge < -0.3 is 14.8 Å². The molecule has 0 unspecified atom stereocenters. The number of aromatic nitrogens is 2. The van der Waals surface area contributed by atoms with Gasteiger partial charge in [0.15, 0.2) is 0 Å². The second-order valence-corrected chi connectivity index (χ2v) is 5.75. The van der Waals surface area contributed by atoms with E-state index in [9.17, 15) is 4.79 Å². The van der Waals surface area contributed by atoms with E-state index in [0.29, 0.717) is 17.8 Å². The lowest BCUT2D eigenvalue weighted by Crippen LogP contribution is -2.40. The van der Waals surface area contributed by atoms with Crippen LogP contribution in [0.2, 0.25) is 0 Å². The molecule has 6 heteroatoms. The summed E-state index contributed by atoms with van der Waals surface area (Å²) in [7, 11) is 1.56. The van der Waals surface area contributed by atoms with Gasteiger partial charge in [0.05, 0.1) is 7.11 Å². The molecule has 0 aliphatic heterocycles. The van der Waals surface area contributed by atoms with Gasteiger partial charge in [0, 0.05) is 24.4 Å². The maximum atomic E-state index is 11.8. The zero-order chi connectivity index (χ0) is 14.7. The molecule has 2 saturated carbocycles. The lowest BCUT2D eigenvalue weighted by atomic mass is 9.93. The van der Waals surface area contributed by atoms with Gasteiger partial charge in [0.2, 0.25) is 5.91 Å². The highest BCUT2D eigenvalue weighted by Crippen LogP contribution is 2.30. The fourth-order valence-corrected chi connectivity index (χ4v) is 2.68. The van der Waals surface area contributed by atoms with E-state index in [1.807, 2.05) is 0 Å². The summed E-state index contributed by atoms with van der Waals surface area (Å²) < 4.78 is 11.0. The van der Waals surface area contributed by atoms with Crippen LogP contribution < -0.4 is 14.8 Å². The Morgan fingerprint density at radius 3 is 2.38 bits per heavy atom. The number of rotatable bonds is 5. The molecule has 1 aromatic rings. The minimum atomic E-state index is 0.115. The topological polar surface area (TPSA) is 73.3 Å². The monoisotopic (exact) mass is 291 g/mol. The molecule has 2 aliphatic rings. The number of methoxy groups -OCH3 is 1. The molecule has 1 aromatic heterocycles. The van der Waals surface area contributed by atoms with Gasteiger partial charge in [0.1, 0.15) is 6.10 Å². The molecular formula is C15H21N3O3. The second-order valence-electron chi connectivity index (χ2n) is 5.75. The molecule has 0 saturated heterocycles. The second kappa shape index (κ2) is 6.28. The molecule has 0 spiro atoms. The molecule has 6 nitrogen and oxygen atoms in total. The molecular weight excluding hydrogens is 270 g/mol. The number of hydrogen-bond acceptors (Lipinski definition) is 5. The SMILES string of the molecule is COc1nccnc1OC1CCC(NC(=O)C2CC2)CC1. The van der Waals surface area contributed by atoms with Crippen LogP contribution >= 0.6 is 0 Å². The van der Waals surface area contributed by atoms with Crippen molar-refractivity contribution in [3.8, 4) is 11.8 Å². The summed E-state index contributed by atoms with van der Waals surface area (Å²) in [6.45, 7) is 0. The summed E-state index contributed by atoms with van der Waals surface area (Å²) in [5.74, 6) is 1.38. The van der Waals surface area contributed by atoms with Gasteiger partial charge in [-0.05, 0) is 38.5 Å². The number of carbonyl (C=O) groups is 1. The Morgan fingerprint density at radius 2 is 1.76 bits per heavy atom. The van der Waals surface area contributed by atoms with Crippen LogP contribution in [0.5, 0.6) is 11.8 Å². The molecule has 0 radical (unpaired) electrons.